The van der Waals surface area contributed by atoms with Gasteiger partial charge in [0.05, 0.1) is 10.7 Å². The van der Waals surface area contributed by atoms with Crippen molar-refractivity contribution in [3.05, 3.63) is 51.5 Å². The third-order valence-electron chi connectivity index (χ3n) is 4.37. The van der Waals surface area contributed by atoms with Gasteiger partial charge in [0.1, 0.15) is 0 Å². The Bertz CT molecular complexity index is 668. The summed E-state index contributed by atoms with van der Waals surface area (Å²) in [6.45, 7) is 6.38. The van der Waals surface area contributed by atoms with Crippen LogP contribution >= 0.6 is 11.3 Å². The highest BCUT2D eigenvalue weighted by Crippen LogP contribution is 2.26. The van der Waals surface area contributed by atoms with E-state index < -0.39 is 0 Å². The maximum Gasteiger partial charge on any atom is 0.317 e. The molecule has 1 saturated heterocycles. The number of hydrogen-bond donors (Lipinski definition) is 1. The molecule has 0 aliphatic carbocycles. The number of likely N-dealkylation sites (tertiary alicyclic amines) is 1. The molecule has 1 aliphatic heterocycles. The summed E-state index contributed by atoms with van der Waals surface area (Å²) in [6, 6.07) is 10.5. The van der Waals surface area contributed by atoms with Crippen molar-refractivity contribution in [2.45, 2.75) is 32.6 Å². The molecule has 0 bridgehead atoms. The van der Waals surface area contributed by atoms with Crippen molar-refractivity contribution in [3.63, 3.8) is 0 Å². The van der Waals surface area contributed by atoms with Crippen LogP contribution in [-0.2, 0) is 6.42 Å². The van der Waals surface area contributed by atoms with E-state index in [-0.39, 0.29) is 6.03 Å². The molecular formula is C18H23N3OS. The predicted octanol–water partition coefficient (Wildman–Crippen LogP) is 3.50. The summed E-state index contributed by atoms with van der Waals surface area (Å²) in [5.41, 5.74) is 2.42. The Balaban J connectivity index is 1.47. The largest absolute Gasteiger partial charge is 0.338 e. The summed E-state index contributed by atoms with van der Waals surface area (Å²) in [7, 11) is 0. The van der Waals surface area contributed by atoms with Crippen LogP contribution in [0.4, 0.5) is 4.79 Å². The minimum absolute atomic E-state index is 0.0577. The van der Waals surface area contributed by atoms with Gasteiger partial charge in [-0.1, -0.05) is 30.3 Å². The SMILES string of the molecule is Cc1nc(C)c(CCNC(=O)N2CC[C@H](c3ccccc3)C2)s1. The molecule has 3 rings (SSSR count). The standard InChI is InChI=1S/C18H23N3OS/c1-13-17(23-14(2)20-13)8-10-19-18(22)21-11-9-16(12-21)15-6-4-3-5-7-15/h3-7,16H,8-12H2,1-2H3,(H,19,22)/t16-/m0/s1. The molecule has 2 amide bonds. The van der Waals surface area contributed by atoms with Gasteiger partial charge in [-0.2, -0.15) is 0 Å². The Morgan fingerprint density at radius 1 is 1.35 bits per heavy atom. The number of aromatic nitrogens is 1. The van der Waals surface area contributed by atoms with Gasteiger partial charge in [0, 0.05) is 36.9 Å². The first-order chi connectivity index (χ1) is 11.1. The Labute approximate surface area is 141 Å². The summed E-state index contributed by atoms with van der Waals surface area (Å²) < 4.78 is 0. The first-order valence-electron chi connectivity index (χ1n) is 8.14. The molecular weight excluding hydrogens is 306 g/mol. The van der Waals surface area contributed by atoms with Gasteiger partial charge in [-0.15, -0.1) is 11.3 Å². The molecule has 1 aliphatic rings. The van der Waals surface area contributed by atoms with E-state index in [9.17, 15) is 4.79 Å². The Morgan fingerprint density at radius 3 is 2.83 bits per heavy atom. The number of rotatable bonds is 4. The number of hydrogen-bond acceptors (Lipinski definition) is 3. The lowest BCUT2D eigenvalue weighted by Gasteiger charge is -2.17. The van der Waals surface area contributed by atoms with Gasteiger partial charge >= 0.3 is 6.03 Å². The number of thiazole rings is 1. The fourth-order valence-electron chi connectivity index (χ4n) is 3.14. The topological polar surface area (TPSA) is 45.2 Å². The summed E-state index contributed by atoms with van der Waals surface area (Å²) >= 11 is 1.72. The van der Waals surface area contributed by atoms with E-state index >= 15 is 0 Å². The molecule has 122 valence electrons. The highest BCUT2D eigenvalue weighted by molar-refractivity contribution is 7.11. The van der Waals surface area contributed by atoms with Gasteiger partial charge in [-0.05, 0) is 25.8 Å². The number of aryl methyl sites for hydroxylation is 2. The van der Waals surface area contributed by atoms with E-state index in [1.807, 2.05) is 24.8 Å². The molecule has 2 heterocycles. The fraction of sp³-hybridized carbons (Fsp3) is 0.444. The Morgan fingerprint density at radius 2 is 2.13 bits per heavy atom. The van der Waals surface area contributed by atoms with Gasteiger partial charge < -0.3 is 10.2 Å². The van der Waals surface area contributed by atoms with Crippen LogP contribution in [0.25, 0.3) is 0 Å². The normalized spacial score (nSPS) is 17.5. The van der Waals surface area contributed by atoms with E-state index in [1.165, 1.54) is 10.4 Å². The van der Waals surface area contributed by atoms with E-state index in [0.29, 0.717) is 12.5 Å². The van der Waals surface area contributed by atoms with Crippen molar-refractivity contribution >= 4 is 17.4 Å². The number of benzene rings is 1. The van der Waals surface area contributed by atoms with Crippen LogP contribution in [0.3, 0.4) is 0 Å². The average Bonchev–Trinajstić information content (AvgIpc) is 3.15. The number of carbonyl (C=O) groups is 1. The molecule has 0 unspecified atom stereocenters. The molecule has 0 spiro atoms. The van der Waals surface area contributed by atoms with Crippen molar-refractivity contribution in [1.82, 2.24) is 15.2 Å². The van der Waals surface area contributed by atoms with Crippen LogP contribution in [-0.4, -0.2) is 35.5 Å². The van der Waals surface area contributed by atoms with Gasteiger partial charge in [-0.3, -0.25) is 0 Å². The molecule has 2 aromatic rings. The minimum atomic E-state index is 0.0577. The highest BCUT2D eigenvalue weighted by Gasteiger charge is 2.26. The number of nitrogens with zero attached hydrogens (tertiary/aromatic N) is 2. The zero-order chi connectivity index (χ0) is 16.2. The molecule has 1 N–H and O–H groups in total. The first kappa shape index (κ1) is 16.0. The molecule has 23 heavy (non-hydrogen) atoms. The summed E-state index contributed by atoms with van der Waals surface area (Å²) in [4.78, 5) is 19.9. The molecule has 4 nitrogen and oxygen atoms in total. The van der Waals surface area contributed by atoms with Crippen LogP contribution in [0.15, 0.2) is 30.3 Å². The van der Waals surface area contributed by atoms with Crippen molar-refractivity contribution < 1.29 is 4.79 Å². The van der Waals surface area contributed by atoms with Crippen molar-refractivity contribution in [3.8, 4) is 0 Å². The number of nitrogens with one attached hydrogen (secondary N) is 1. The van der Waals surface area contributed by atoms with E-state index in [2.05, 4.69) is 34.6 Å². The zero-order valence-electron chi connectivity index (χ0n) is 13.7. The van der Waals surface area contributed by atoms with Crippen molar-refractivity contribution in [2.75, 3.05) is 19.6 Å². The van der Waals surface area contributed by atoms with Crippen LogP contribution in [0, 0.1) is 13.8 Å². The highest BCUT2D eigenvalue weighted by atomic mass is 32.1. The lowest BCUT2D eigenvalue weighted by atomic mass is 9.99. The third-order valence-corrected chi connectivity index (χ3v) is 5.51. The van der Waals surface area contributed by atoms with Crippen LogP contribution < -0.4 is 5.32 Å². The van der Waals surface area contributed by atoms with E-state index in [1.54, 1.807) is 11.3 Å². The van der Waals surface area contributed by atoms with E-state index in [4.69, 9.17) is 0 Å². The maximum absolute atomic E-state index is 12.3. The molecule has 0 radical (unpaired) electrons. The molecule has 1 fully saturated rings. The quantitative estimate of drug-likeness (QED) is 0.933. The second-order valence-electron chi connectivity index (χ2n) is 6.07. The molecule has 1 aromatic heterocycles. The first-order valence-corrected chi connectivity index (χ1v) is 8.96. The lowest BCUT2D eigenvalue weighted by molar-refractivity contribution is 0.208. The van der Waals surface area contributed by atoms with Crippen LogP contribution in [0.1, 0.15) is 33.5 Å². The average molecular weight is 329 g/mol. The second kappa shape index (κ2) is 7.13. The monoisotopic (exact) mass is 329 g/mol. The zero-order valence-corrected chi connectivity index (χ0v) is 14.5. The smallest absolute Gasteiger partial charge is 0.317 e. The molecule has 1 aromatic carbocycles. The Kier molecular flexibility index (Phi) is 4.96. The van der Waals surface area contributed by atoms with Gasteiger partial charge in [0.15, 0.2) is 0 Å². The third kappa shape index (κ3) is 3.91. The molecule has 5 heteroatoms. The number of carbonyl (C=O) groups excluding carboxylic acids is 1. The Hall–Kier alpha value is -1.88. The molecule has 1 atom stereocenters. The van der Waals surface area contributed by atoms with Gasteiger partial charge in [-0.25, -0.2) is 9.78 Å². The van der Waals surface area contributed by atoms with Crippen molar-refractivity contribution in [2.24, 2.45) is 0 Å². The minimum Gasteiger partial charge on any atom is -0.338 e. The summed E-state index contributed by atoms with van der Waals surface area (Å²) in [6.07, 6.45) is 1.91. The molecule has 0 saturated carbocycles. The lowest BCUT2D eigenvalue weighted by Crippen LogP contribution is -2.39. The summed E-state index contributed by atoms with van der Waals surface area (Å²) in [5.74, 6) is 0.466. The fourth-order valence-corrected chi connectivity index (χ4v) is 4.08. The van der Waals surface area contributed by atoms with Crippen LogP contribution in [0.5, 0.6) is 0 Å². The van der Waals surface area contributed by atoms with E-state index in [0.717, 1.165) is 36.6 Å². The van der Waals surface area contributed by atoms with Crippen molar-refractivity contribution in [1.29, 1.82) is 0 Å². The predicted molar refractivity (Wildman–Crippen MR) is 94.1 cm³/mol. The van der Waals surface area contributed by atoms with Gasteiger partial charge in [0.25, 0.3) is 0 Å². The maximum atomic E-state index is 12.3. The number of urea groups is 1. The number of amides is 2. The van der Waals surface area contributed by atoms with Gasteiger partial charge in [0.2, 0.25) is 0 Å². The summed E-state index contributed by atoms with van der Waals surface area (Å²) in [5, 5.41) is 4.14. The van der Waals surface area contributed by atoms with Crippen LogP contribution in [0.2, 0.25) is 0 Å². The second-order valence-corrected chi connectivity index (χ2v) is 7.35.